The van der Waals surface area contributed by atoms with Gasteiger partial charge in [0.25, 0.3) is 5.69 Å². The number of nitrogens with zero attached hydrogens (tertiary/aromatic N) is 1. The molecule has 1 saturated heterocycles. The Labute approximate surface area is 258 Å². The van der Waals surface area contributed by atoms with E-state index >= 15 is 0 Å². The van der Waals surface area contributed by atoms with E-state index in [2.05, 4.69) is 0 Å². The lowest BCUT2D eigenvalue weighted by Gasteiger charge is -2.65. The maximum atomic E-state index is 13.6. The van der Waals surface area contributed by atoms with Crippen LogP contribution in [0.1, 0.15) is 75.3 Å². The monoisotopic (exact) mass is 629 g/mol. The fourth-order valence-corrected chi connectivity index (χ4v) is 7.68. The summed E-state index contributed by atoms with van der Waals surface area (Å²) in [6.07, 6.45) is -3.91. The Kier molecular flexibility index (Phi) is 7.81. The molecule has 2 bridgehead atoms. The van der Waals surface area contributed by atoms with Crippen molar-refractivity contribution < 1.29 is 57.3 Å². The number of benzene rings is 1. The zero-order valence-electron chi connectivity index (χ0n) is 25.6. The summed E-state index contributed by atoms with van der Waals surface area (Å²) in [5, 5.41) is 23.5. The van der Waals surface area contributed by atoms with Gasteiger partial charge in [0.1, 0.15) is 23.9 Å². The number of nitro groups is 1. The van der Waals surface area contributed by atoms with Gasteiger partial charge in [-0.1, -0.05) is 0 Å². The quantitative estimate of drug-likeness (QED) is 0.203. The number of non-ortho nitro benzene ring substituents is 1. The van der Waals surface area contributed by atoms with Crippen molar-refractivity contribution in [2.45, 2.75) is 95.6 Å². The first-order valence-corrected chi connectivity index (χ1v) is 14.4. The molecule has 2 saturated carbocycles. The standard InChI is InChI=1S/C31H35NO13/c1-16(33)41-22-15-29(5,37)31-24(44-26(35)18-9-11-19(12-10-18)32(38)39)20(28(3,4)45-31)14-23(30(31,6)25(22)42-17(2)34)43-27(36)21-8-7-13-40-21/h7-13,20,22-25,37H,14-15H2,1-6H3/t20?,22-,23-,24+,25-,29-,30+,31?/m0/s1. The van der Waals surface area contributed by atoms with Crippen LogP contribution in [0.3, 0.4) is 0 Å². The van der Waals surface area contributed by atoms with Crippen molar-refractivity contribution in [3.05, 3.63) is 64.1 Å². The van der Waals surface area contributed by atoms with Crippen LogP contribution in [0.5, 0.6) is 0 Å². The predicted octanol–water partition coefficient (Wildman–Crippen LogP) is 3.53. The molecule has 1 aliphatic heterocycles. The predicted molar refractivity (Wildman–Crippen MR) is 151 cm³/mol. The molecule has 8 atom stereocenters. The number of nitro benzene ring substituents is 1. The molecule has 1 spiro atoms. The van der Waals surface area contributed by atoms with E-state index in [9.17, 15) is 34.4 Å². The number of hydrogen-bond acceptors (Lipinski definition) is 13. The highest BCUT2D eigenvalue weighted by Crippen LogP contribution is 2.69. The van der Waals surface area contributed by atoms with Crippen LogP contribution >= 0.6 is 0 Å². The van der Waals surface area contributed by atoms with Gasteiger partial charge in [0.05, 0.1) is 33.4 Å². The van der Waals surface area contributed by atoms with Gasteiger partial charge >= 0.3 is 23.9 Å². The molecule has 3 aliphatic rings. The van der Waals surface area contributed by atoms with Crippen LogP contribution < -0.4 is 0 Å². The van der Waals surface area contributed by atoms with Crippen LogP contribution in [0.15, 0.2) is 47.1 Å². The minimum atomic E-state index is -1.94. The van der Waals surface area contributed by atoms with E-state index in [0.29, 0.717) is 0 Å². The summed E-state index contributed by atoms with van der Waals surface area (Å²) in [6, 6.07) is 7.74. The van der Waals surface area contributed by atoms with Crippen LogP contribution in [0.2, 0.25) is 0 Å². The second-order valence-corrected chi connectivity index (χ2v) is 12.7. The minimum absolute atomic E-state index is 0.00653. The maximum Gasteiger partial charge on any atom is 0.374 e. The van der Waals surface area contributed by atoms with Crippen LogP contribution in [-0.2, 0) is 33.3 Å². The van der Waals surface area contributed by atoms with Crippen molar-refractivity contribution in [3.63, 3.8) is 0 Å². The number of rotatable bonds is 7. The molecule has 14 heteroatoms. The zero-order valence-corrected chi connectivity index (χ0v) is 25.6. The van der Waals surface area contributed by atoms with E-state index < -0.39 is 81.4 Å². The number of furan rings is 1. The maximum absolute atomic E-state index is 13.6. The number of fused-ring (bicyclic) bond motifs is 1. The fourth-order valence-electron chi connectivity index (χ4n) is 7.68. The van der Waals surface area contributed by atoms with Crippen molar-refractivity contribution >= 4 is 29.6 Å². The first kappa shape index (κ1) is 32.1. The summed E-state index contributed by atoms with van der Waals surface area (Å²) < 4.78 is 35.7. The van der Waals surface area contributed by atoms with Crippen LogP contribution in [0.4, 0.5) is 5.69 Å². The molecule has 1 N–H and O–H groups in total. The highest BCUT2D eigenvalue weighted by atomic mass is 16.6. The molecule has 0 radical (unpaired) electrons. The van der Waals surface area contributed by atoms with E-state index in [-0.39, 0.29) is 29.9 Å². The van der Waals surface area contributed by atoms with Crippen molar-refractivity contribution in [2.24, 2.45) is 11.3 Å². The van der Waals surface area contributed by atoms with Gasteiger partial charge in [-0.15, -0.1) is 0 Å². The van der Waals surface area contributed by atoms with Gasteiger partial charge in [0, 0.05) is 38.3 Å². The number of hydrogen-bond donors (Lipinski definition) is 1. The van der Waals surface area contributed by atoms with Gasteiger partial charge in [0.15, 0.2) is 6.10 Å². The van der Waals surface area contributed by atoms with E-state index in [1.807, 2.05) is 0 Å². The van der Waals surface area contributed by atoms with Gasteiger partial charge in [-0.25, -0.2) is 9.59 Å². The molecule has 45 heavy (non-hydrogen) atoms. The Morgan fingerprint density at radius 3 is 2.11 bits per heavy atom. The molecule has 2 aromatic rings. The fraction of sp³-hybridized carbons (Fsp3) is 0.548. The molecule has 2 unspecified atom stereocenters. The van der Waals surface area contributed by atoms with Crippen molar-refractivity contribution in [3.8, 4) is 0 Å². The average Bonchev–Trinajstić information content (AvgIpc) is 3.54. The Hall–Kier alpha value is -4.30. The molecule has 1 aromatic carbocycles. The number of esters is 4. The second-order valence-electron chi connectivity index (χ2n) is 12.7. The van der Waals surface area contributed by atoms with Crippen molar-refractivity contribution in [1.82, 2.24) is 0 Å². The lowest BCUT2D eigenvalue weighted by atomic mass is 9.47. The number of carbonyl (C=O) groups is 4. The molecule has 14 nitrogen and oxygen atoms in total. The highest BCUT2D eigenvalue weighted by molar-refractivity contribution is 5.90. The van der Waals surface area contributed by atoms with Gasteiger partial charge in [-0.3, -0.25) is 19.7 Å². The summed E-state index contributed by atoms with van der Waals surface area (Å²) in [5.41, 5.74) is -6.88. The number of ether oxygens (including phenoxy) is 5. The molecule has 1 aromatic heterocycles. The number of aliphatic hydroxyl groups is 1. The highest BCUT2D eigenvalue weighted by Gasteiger charge is 2.84. The zero-order chi connectivity index (χ0) is 33.1. The van der Waals surface area contributed by atoms with E-state index in [4.69, 9.17) is 28.1 Å². The summed E-state index contributed by atoms with van der Waals surface area (Å²) in [6.45, 7) is 8.83. The van der Waals surface area contributed by atoms with E-state index in [1.54, 1.807) is 20.8 Å². The summed E-state index contributed by atoms with van der Waals surface area (Å²) >= 11 is 0. The van der Waals surface area contributed by atoms with Gasteiger partial charge in [0.2, 0.25) is 5.76 Å². The van der Waals surface area contributed by atoms with Crippen molar-refractivity contribution in [1.29, 1.82) is 0 Å². The smallest absolute Gasteiger partial charge is 0.374 e. The summed E-state index contributed by atoms with van der Waals surface area (Å²) in [5.74, 6) is -3.93. The first-order chi connectivity index (χ1) is 20.9. The lowest BCUT2D eigenvalue weighted by Crippen LogP contribution is -2.81. The number of carbonyl (C=O) groups excluding carboxylic acids is 4. The average molecular weight is 630 g/mol. The van der Waals surface area contributed by atoms with Gasteiger partial charge in [-0.05, 0) is 58.4 Å². The molecular formula is C31H35NO13. The largest absolute Gasteiger partial charge is 0.458 e. The molecule has 5 rings (SSSR count). The van der Waals surface area contributed by atoms with Crippen LogP contribution in [0.25, 0.3) is 0 Å². The summed E-state index contributed by atoms with van der Waals surface area (Å²) in [4.78, 5) is 62.3. The van der Waals surface area contributed by atoms with Crippen LogP contribution in [0, 0.1) is 21.4 Å². The van der Waals surface area contributed by atoms with Crippen molar-refractivity contribution in [2.75, 3.05) is 0 Å². The molecule has 3 fully saturated rings. The third-order valence-corrected chi connectivity index (χ3v) is 9.48. The third-order valence-electron chi connectivity index (χ3n) is 9.48. The first-order valence-electron chi connectivity index (χ1n) is 14.4. The lowest BCUT2D eigenvalue weighted by molar-refractivity contribution is -0.384. The third kappa shape index (κ3) is 5.05. The topological polar surface area (TPSA) is 191 Å². The molecule has 2 aliphatic carbocycles. The Morgan fingerprint density at radius 1 is 0.911 bits per heavy atom. The normalized spacial score (nSPS) is 34.6. The van der Waals surface area contributed by atoms with Gasteiger partial charge in [-0.2, -0.15) is 0 Å². The Morgan fingerprint density at radius 2 is 1.56 bits per heavy atom. The minimum Gasteiger partial charge on any atom is -0.458 e. The Balaban J connectivity index is 1.67. The van der Waals surface area contributed by atoms with Crippen LogP contribution in [-0.4, -0.2) is 75.1 Å². The van der Waals surface area contributed by atoms with E-state index in [1.165, 1.54) is 44.4 Å². The SMILES string of the molecule is CC(=O)O[C@H]1C[C@](C)(O)C23OC(C)(C)C(C[C@H](OC(=O)c4ccco4)[C@]2(C)[C@H]1OC(C)=O)[C@H]3OC(=O)c1ccc([N+](=O)[O-])cc1. The Bertz CT molecular complexity index is 1510. The second kappa shape index (κ2) is 10.9. The molecule has 242 valence electrons. The molecular weight excluding hydrogens is 594 g/mol. The summed E-state index contributed by atoms with van der Waals surface area (Å²) in [7, 11) is 0. The molecule has 2 heterocycles. The molecule has 0 amide bonds. The van der Waals surface area contributed by atoms with E-state index in [0.717, 1.165) is 19.1 Å². The van der Waals surface area contributed by atoms with Gasteiger partial charge < -0.3 is 33.2 Å².